The number of amides is 2. The molecule has 0 aromatic carbocycles. The van der Waals surface area contributed by atoms with E-state index in [0.29, 0.717) is 0 Å². The van der Waals surface area contributed by atoms with Crippen LogP contribution in [0.25, 0.3) is 0 Å². The van der Waals surface area contributed by atoms with Gasteiger partial charge in [0.1, 0.15) is 12.6 Å². The Labute approximate surface area is 102 Å². The number of phosphoric acid groups is 1. The van der Waals surface area contributed by atoms with E-state index in [1.54, 1.807) is 0 Å². The van der Waals surface area contributed by atoms with Crippen LogP contribution in [0.4, 0.5) is 0 Å². The van der Waals surface area contributed by atoms with Gasteiger partial charge in [-0.3, -0.25) is 18.9 Å². The molecule has 11 heteroatoms. The van der Waals surface area contributed by atoms with E-state index >= 15 is 0 Å². The highest BCUT2D eigenvalue weighted by atomic mass is 31.2. The lowest BCUT2D eigenvalue weighted by Crippen LogP contribution is -2.49. The number of carboxylic acids is 1. The molecule has 2 amide bonds. The van der Waals surface area contributed by atoms with E-state index in [9.17, 15) is 18.9 Å². The molecule has 0 aromatic heterocycles. The predicted molar refractivity (Wildman–Crippen MR) is 56.2 cm³/mol. The molecule has 0 unspecified atom stereocenters. The summed E-state index contributed by atoms with van der Waals surface area (Å²) in [5.41, 5.74) is 0. The topological polar surface area (TPSA) is 162 Å². The number of carboxylic acid groups (broad SMARTS) is 1. The smallest absolute Gasteiger partial charge is 0.469 e. The van der Waals surface area contributed by atoms with Gasteiger partial charge in [0, 0.05) is 6.92 Å². The number of carbonyl (C=O) groups is 3. The zero-order valence-corrected chi connectivity index (χ0v) is 10.2. The van der Waals surface area contributed by atoms with Crippen molar-refractivity contribution in [2.24, 2.45) is 0 Å². The highest BCUT2D eigenvalue weighted by Crippen LogP contribution is 2.35. The van der Waals surface area contributed by atoms with Gasteiger partial charge in [-0.15, -0.1) is 0 Å². The Morgan fingerprint density at radius 2 is 1.89 bits per heavy atom. The quantitative estimate of drug-likeness (QED) is 0.329. The number of hydrogen-bond donors (Lipinski definition) is 5. The molecule has 5 N–H and O–H groups in total. The average Bonchev–Trinajstić information content (AvgIpc) is 2.18. The van der Waals surface area contributed by atoms with Gasteiger partial charge in [-0.1, -0.05) is 0 Å². The number of nitrogens with one attached hydrogen (secondary N) is 2. The van der Waals surface area contributed by atoms with Gasteiger partial charge in [-0.25, -0.2) is 4.57 Å². The molecule has 0 aliphatic carbocycles. The van der Waals surface area contributed by atoms with Crippen LogP contribution in [0.2, 0.25) is 0 Å². The van der Waals surface area contributed by atoms with E-state index < -0.39 is 44.8 Å². The van der Waals surface area contributed by atoms with Crippen LogP contribution in [0.3, 0.4) is 0 Å². The second-order valence-corrected chi connectivity index (χ2v) is 4.39. The monoisotopic (exact) mass is 284 g/mol. The molecule has 0 bridgehead atoms. The Kier molecular flexibility index (Phi) is 6.48. The van der Waals surface area contributed by atoms with E-state index in [1.165, 1.54) is 0 Å². The molecule has 0 rings (SSSR count). The van der Waals surface area contributed by atoms with Crippen LogP contribution in [0.5, 0.6) is 0 Å². The molecule has 0 saturated heterocycles. The molecule has 0 aromatic rings. The summed E-state index contributed by atoms with van der Waals surface area (Å²) in [5, 5.41) is 12.3. The third kappa shape index (κ3) is 8.65. The van der Waals surface area contributed by atoms with Crippen molar-refractivity contribution in [2.75, 3.05) is 13.2 Å². The van der Waals surface area contributed by atoms with Gasteiger partial charge in [0.05, 0.1) is 6.61 Å². The predicted octanol–water partition coefficient (Wildman–Crippen LogP) is -2.20. The molecule has 0 fully saturated rings. The fourth-order valence-corrected chi connectivity index (χ4v) is 1.23. The molecule has 0 aliphatic rings. The van der Waals surface area contributed by atoms with Crippen molar-refractivity contribution >= 4 is 25.6 Å². The standard InChI is InChI=1S/C7H13N2O8P/c1-4(10)9-5(3-17-18(14,15)16)7(13)8-2-6(11)12/h5H,2-3H2,1H3,(H,8,13)(H,9,10)(H,11,12)(H2,14,15,16)/t5-/m0/s1. The summed E-state index contributed by atoms with van der Waals surface area (Å²) in [6.45, 7) is -0.394. The molecule has 104 valence electrons. The van der Waals surface area contributed by atoms with Gasteiger partial charge in [0.2, 0.25) is 11.8 Å². The van der Waals surface area contributed by atoms with E-state index in [0.717, 1.165) is 6.92 Å². The SMILES string of the molecule is CC(=O)N[C@@H](COP(=O)(O)O)C(=O)NCC(=O)O. The Morgan fingerprint density at radius 3 is 2.28 bits per heavy atom. The fraction of sp³-hybridized carbons (Fsp3) is 0.571. The molecular formula is C7H13N2O8P. The van der Waals surface area contributed by atoms with Crippen LogP contribution < -0.4 is 10.6 Å². The van der Waals surface area contributed by atoms with Crippen molar-refractivity contribution in [1.82, 2.24) is 10.6 Å². The van der Waals surface area contributed by atoms with Gasteiger partial charge >= 0.3 is 13.8 Å². The first-order valence-electron chi connectivity index (χ1n) is 4.58. The Morgan fingerprint density at radius 1 is 1.33 bits per heavy atom. The Hall–Kier alpha value is -1.48. The number of aliphatic carboxylic acids is 1. The van der Waals surface area contributed by atoms with Crippen molar-refractivity contribution < 1.29 is 38.4 Å². The second-order valence-electron chi connectivity index (χ2n) is 3.15. The van der Waals surface area contributed by atoms with Gasteiger partial charge in [-0.2, -0.15) is 0 Å². The van der Waals surface area contributed by atoms with E-state index in [4.69, 9.17) is 14.9 Å². The summed E-state index contributed by atoms with van der Waals surface area (Å²) in [5.74, 6) is -2.87. The van der Waals surface area contributed by atoms with Crippen molar-refractivity contribution in [3.63, 3.8) is 0 Å². The number of carbonyl (C=O) groups excluding carboxylic acids is 2. The molecule has 0 heterocycles. The summed E-state index contributed by atoms with van der Waals surface area (Å²) in [6.07, 6.45) is 0. The molecule has 18 heavy (non-hydrogen) atoms. The van der Waals surface area contributed by atoms with Crippen molar-refractivity contribution in [1.29, 1.82) is 0 Å². The van der Waals surface area contributed by atoms with Crippen molar-refractivity contribution in [3.05, 3.63) is 0 Å². The molecule has 0 aliphatic heterocycles. The molecule has 1 atom stereocenters. The van der Waals surface area contributed by atoms with E-state index in [1.807, 2.05) is 5.32 Å². The van der Waals surface area contributed by atoms with Crippen LogP contribution in [0, 0.1) is 0 Å². The molecular weight excluding hydrogens is 271 g/mol. The number of hydrogen-bond acceptors (Lipinski definition) is 5. The maximum atomic E-state index is 11.4. The molecule has 0 radical (unpaired) electrons. The summed E-state index contributed by atoms with van der Waals surface area (Å²) in [6, 6.07) is -1.39. The summed E-state index contributed by atoms with van der Waals surface area (Å²) in [7, 11) is -4.79. The summed E-state index contributed by atoms with van der Waals surface area (Å²) >= 11 is 0. The third-order valence-corrected chi connectivity index (χ3v) is 2.00. The lowest BCUT2D eigenvalue weighted by Gasteiger charge is -2.17. The largest absolute Gasteiger partial charge is 0.480 e. The number of rotatable bonds is 7. The van der Waals surface area contributed by atoms with Gasteiger partial charge in [0.25, 0.3) is 0 Å². The highest BCUT2D eigenvalue weighted by molar-refractivity contribution is 7.46. The first-order valence-corrected chi connectivity index (χ1v) is 6.11. The summed E-state index contributed by atoms with van der Waals surface area (Å²) in [4.78, 5) is 49.3. The minimum Gasteiger partial charge on any atom is -0.480 e. The van der Waals surface area contributed by atoms with Crippen molar-refractivity contribution in [3.8, 4) is 0 Å². The van der Waals surface area contributed by atoms with Crippen LogP contribution in [-0.4, -0.2) is 51.9 Å². The van der Waals surface area contributed by atoms with E-state index in [-0.39, 0.29) is 0 Å². The minimum atomic E-state index is -4.79. The van der Waals surface area contributed by atoms with Crippen LogP contribution in [0.1, 0.15) is 6.92 Å². The average molecular weight is 284 g/mol. The maximum absolute atomic E-state index is 11.4. The number of phosphoric ester groups is 1. The molecule has 10 nitrogen and oxygen atoms in total. The maximum Gasteiger partial charge on any atom is 0.469 e. The zero-order valence-electron chi connectivity index (χ0n) is 9.32. The van der Waals surface area contributed by atoms with Crippen LogP contribution in [-0.2, 0) is 23.5 Å². The first-order chi connectivity index (χ1) is 8.11. The lowest BCUT2D eigenvalue weighted by molar-refractivity contribution is -0.138. The Bertz CT molecular complexity index is 378. The van der Waals surface area contributed by atoms with Gasteiger partial charge in [0.15, 0.2) is 0 Å². The zero-order chi connectivity index (χ0) is 14.3. The lowest BCUT2D eigenvalue weighted by atomic mass is 10.3. The van der Waals surface area contributed by atoms with Crippen LogP contribution in [0.15, 0.2) is 0 Å². The third-order valence-electron chi connectivity index (χ3n) is 1.52. The van der Waals surface area contributed by atoms with Crippen molar-refractivity contribution in [2.45, 2.75) is 13.0 Å². The molecule has 0 spiro atoms. The second kappa shape index (κ2) is 7.07. The van der Waals surface area contributed by atoms with Crippen LogP contribution >= 0.6 is 7.82 Å². The minimum absolute atomic E-state index is 0.639. The first kappa shape index (κ1) is 16.5. The van der Waals surface area contributed by atoms with E-state index in [2.05, 4.69) is 9.84 Å². The fourth-order valence-electron chi connectivity index (χ4n) is 0.886. The summed E-state index contributed by atoms with van der Waals surface area (Å²) < 4.78 is 14.5. The van der Waals surface area contributed by atoms with Gasteiger partial charge < -0.3 is 25.5 Å². The Balaban J connectivity index is 4.47. The van der Waals surface area contributed by atoms with Gasteiger partial charge in [-0.05, 0) is 0 Å². The highest BCUT2D eigenvalue weighted by Gasteiger charge is 2.24. The molecule has 0 saturated carbocycles. The normalized spacial score (nSPS) is 12.6.